The Balaban J connectivity index is 1.91. The van der Waals surface area contributed by atoms with E-state index < -0.39 is 0 Å². The smallest absolute Gasteiger partial charge is 0.237 e. The normalized spacial score (nSPS) is 32.3. The zero-order chi connectivity index (χ0) is 15.4. The number of morpholine rings is 1. The van der Waals surface area contributed by atoms with E-state index in [-0.39, 0.29) is 24.2 Å². The van der Waals surface area contributed by atoms with Gasteiger partial charge in [-0.1, -0.05) is 13.8 Å². The number of carbonyl (C=O) groups is 1. The van der Waals surface area contributed by atoms with E-state index in [1.165, 1.54) is 0 Å². The average Bonchev–Trinajstić information content (AvgIpc) is 2.87. The number of ether oxygens (including phenoxy) is 2. The van der Waals surface area contributed by atoms with Crippen molar-refractivity contribution in [3.05, 3.63) is 0 Å². The van der Waals surface area contributed by atoms with Crippen molar-refractivity contribution in [2.45, 2.75) is 52.4 Å². The SMILES string of the molecule is CC1CN(C(C(=O)NCC2CCOC2)C(C)C)CC(C)O1. The van der Waals surface area contributed by atoms with Crippen molar-refractivity contribution in [1.29, 1.82) is 0 Å². The number of hydrogen-bond acceptors (Lipinski definition) is 4. The van der Waals surface area contributed by atoms with Crippen LogP contribution in [0.15, 0.2) is 0 Å². The van der Waals surface area contributed by atoms with E-state index >= 15 is 0 Å². The maximum atomic E-state index is 12.6. The van der Waals surface area contributed by atoms with Gasteiger partial charge in [-0.15, -0.1) is 0 Å². The number of hydrogen-bond donors (Lipinski definition) is 1. The van der Waals surface area contributed by atoms with Crippen LogP contribution in [0.3, 0.4) is 0 Å². The molecule has 21 heavy (non-hydrogen) atoms. The Bertz CT molecular complexity index is 332. The molecule has 0 bridgehead atoms. The predicted molar refractivity (Wildman–Crippen MR) is 82.1 cm³/mol. The lowest BCUT2D eigenvalue weighted by atomic mass is 9.99. The van der Waals surface area contributed by atoms with Gasteiger partial charge in [-0.3, -0.25) is 9.69 Å². The summed E-state index contributed by atoms with van der Waals surface area (Å²) >= 11 is 0. The second kappa shape index (κ2) is 7.56. The Labute approximate surface area is 128 Å². The zero-order valence-corrected chi connectivity index (χ0v) is 13.8. The molecule has 0 saturated carbocycles. The van der Waals surface area contributed by atoms with Crippen LogP contribution < -0.4 is 5.32 Å². The van der Waals surface area contributed by atoms with E-state index in [9.17, 15) is 4.79 Å². The number of rotatable bonds is 5. The summed E-state index contributed by atoms with van der Waals surface area (Å²) in [6.07, 6.45) is 1.43. The summed E-state index contributed by atoms with van der Waals surface area (Å²) in [4.78, 5) is 14.9. The molecule has 4 unspecified atom stereocenters. The summed E-state index contributed by atoms with van der Waals surface area (Å²) < 4.78 is 11.1. The van der Waals surface area contributed by atoms with Crippen molar-refractivity contribution < 1.29 is 14.3 Å². The third-order valence-electron chi connectivity index (χ3n) is 4.33. The number of nitrogens with one attached hydrogen (secondary N) is 1. The van der Waals surface area contributed by atoms with Crippen LogP contribution in [-0.2, 0) is 14.3 Å². The highest BCUT2D eigenvalue weighted by Gasteiger charge is 2.34. The van der Waals surface area contributed by atoms with E-state index in [1.54, 1.807) is 0 Å². The number of nitrogens with zero attached hydrogens (tertiary/aromatic N) is 1. The molecule has 0 aliphatic carbocycles. The second-order valence-electron chi connectivity index (χ2n) is 6.87. The molecule has 5 nitrogen and oxygen atoms in total. The van der Waals surface area contributed by atoms with Crippen molar-refractivity contribution in [2.75, 3.05) is 32.8 Å². The Kier molecular flexibility index (Phi) is 6.02. The first kappa shape index (κ1) is 16.7. The standard InChI is InChI=1S/C16H30N2O3/c1-11(2)15(18-8-12(3)21-13(4)9-18)16(19)17-7-14-5-6-20-10-14/h11-15H,5-10H2,1-4H3,(H,17,19). The lowest BCUT2D eigenvalue weighted by Crippen LogP contribution is -2.57. The Morgan fingerprint density at radius 1 is 1.29 bits per heavy atom. The molecule has 1 N–H and O–H groups in total. The molecule has 0 aromatic carbocycles. The maximum absolute atomic E-state index is 12.6. The van der Waals surface area contributed by atoms with Gasteiger partial charge in [0.25, 0.3) is 0 Å². The van der Waals surface area contributed by atoms with Crippen LogP contribution >= 0.6 is 0 Å². The van der Waals surface area contributed by atoms with Crippen molar-refractivity contribution in [2.24, 2.45) is 11.8 Å². The van der Waals surface area contributed by atoms with Crippen LogP contribution in [0.25, 0.3) is 0 Å². The molecule has 0 radical (unpaired) electrons. The molecule has 2 rings (SSSR count). The lowest BCUT2D eigenvalue weighted by Gasteiger charge is -2.41. The van der Waals surface area contributed by atoms with E-state index in [0.717, 1.165) is 39.3 Å². The molecule has 1 amide bonds. The topological polar surface area (TPSA) is 50.8 Å². The van der Waals surface area contributed by atoms with Gasteiger partial charge >= 0.3 is 0 Å². The van der Waals surface area contributed by atoms with Crippen molar-refractivity contribution >= 4 is 5.91 Å². The van der Waals surface area contributed by atoms with E-state index in [0.29, 0.717) is 11.8 Å². The molecule has 2 saturated heterocycles. The summed E-state index contributed by atoms with van der Waals surface area (Å²) in [6, 6.07) is -0.0684. The molecular weight excluding hydrogens is 268 g/mol. The predicted octanol–water partition coefficient (Wildman–Crippen LogP) is 1.27. The van der Waals surface area contributed by atoms with Gasteiger partial charge < -0.3 is 14.8 Å². The van der Waals surface area contributed by atoms with Crippen LogP contribution in [0.2, 0.25) is 0 Å². The molecule has 0 aromatic rings. The fraction of sp³-hybridized carbons (Fsp3) is 0.938. The molecule has 2 aliphatic heterocycles. The summed E-state index contributed by atoms with van der Waals surface area (Å²) in [5, 5.41) is 3.13. The zero-order valence-electron chi connectivity index (χ0n) is 13.8. The molecule has 2 fully saturated rings. The third-order valence-corrected chi connectivity index (χ3v) is 4.33. The van der Waals surface area contributed by atoms with Crippen LogP contribution in [-0.4, -0.2) is 61.9 Å². The Morgan fingerprint density at radius 3 is 2.48 bits per heavy atom. The monoisotopic (exact) mass is 298 g/mol. The van der Waals surface area contributed by atoms with Gasteiger partial charge in [0.1, 0.15) is 0 Å². The molecule has 2 heterocycles. The summed E-state index contributed by atoms with van der Waals surface area (Å²) in [5.41, 5.74) is 0. The van der Waals surface area contributed by atoms with Crippen LogP contribution in [0.4, 0.5) is 0 Å². The minimum Gasteiger partial charge on any atom is -0.381 e. The second-order valence-corrected chi connectivity index (χ2v) is 6.87. The third kappa shape index (κ3) is 4.66. The summed E-state index contributed by atoms with van der Waals surface area (Å²) in [6.45, 7) is 12.4. The van der Waals surface area contributed by atoms with Gasteiger partial charge in [0.2, 0.25) is 5.91 Å². The maximum Gasteiger partial charge on any atom is 0.237 e. The first-order valence-corrected chi connectivity index (χ1v) is 8.22. The summed E-state index contributed by atoms with van der Waals surface area (Å²) in [7, 11) is 0. The molecule has 5 heteroatoms. The highest BCUT2D eigenvalue weighted by molar-refractivity contribution is 5.82. The quantitative estimate of drug-likeness (QED) is 0.830. The van der Waals surface area contributed by atoms with Crippen molar-refractivity contribution in [1.82, 2.24) is 10.2 Å². The van der Waals surface area contributed by atoms with Crippen molar-refractivity contribution in [3.8, 4) is 0 Å². The highest BCUT2D eigenvalue weighted by atomic mass is 16.5. The summed E-state index contributed by atoms with van der Waals surface area (Å²) in [5.74, 6) is 0.921. The van der Waals surface area contributed by atoms with Gasteiger partial charge in [-0.25, -0.2) is 0 Å². The molecule has 122 valence electrons. The fourth-order valence-electron chi connectivity index (χ4n) is 3.43. The highest BCUT2D eigenvalue weighted by Crippen LogP contribution is 2.19. The van der Waals surface area contributed by atoms with Crippen LogP contribution in [0.1, 0.15) is 34.1 Å². The first-order chi connectivity index (χ1) is 9.97. The first-order valence-electron chi connectivity index (χ1n) is 8.22. The number of carbonyl (C=O) groups excluding carboxylic acids is 1. The average molecular weight is 298 g/mol. The minimum atomic E-state index is -0.0684. The van der Waals surface area contributed by atoms with Gasteiger partial charge in [-0.05, 0) is 26.2 Å². The Morgan fingerprint density at radius 2 is 1.95 bits per heavy atom. The number of amides is 1. The molecular formula is C16H30N2O3. The largest absolute Gasteiger partial charge is 0.381 e. The van der Waals surface area contributed by atoms with E-state index in [4.69, 9.17) is 9.47 Å². The Hall–Kier alpha value is -0.650. The van der Waals surface area contributed by atoms with Gasteiger partial charge in [0.15, 0.2) is 0 Å². The van der Waals surface area contributed by atoms with Crippen LogP contribution in [0, 0.1) is 11.8 Å². The van der Waals surface area contributed by atoms with E-state index in [2.05, 4.69) is 37.9 Å². The van der Waals surface area contributed by atoms with Gasteiger partial charge in [-0.2, -0.15) is 0 Å². The molecule has 2 aliphatic rings. The molecule has 0 aromatic heterocycles. The molecule has 4 atom stereocenters. The van der Waals surface area contributed by atoms with Crippen molar-refractivity contribution in [3.63, 3.8) is 0 Å². The lowest BCUT2D eigenvalue weighted by molar-refractivity contribution is -0.135. The minimum absolute atomic E-state index is 0.0684. The van der Waals surface area contributed by atoms with E-state index in [1.807, 2.05) is 0 Å². The fourth-order valence-corrected chi connectivity index (χ4v) is 3.43. The van der Waals surface area contributed by atoms with Gasteiger partial charge in [0, 0.05) is 32.2 Å². The van der Waals surface area contributed by atoms with Gasteiger partial charge in [0.05, 0.1) is 24.9 Å². The van der Waals surface area contributed by atoms with Crippen LogP contribution in [0.5, 0.6) is 0 Å². The molecule has 0 spiro atoms.